The molecule has 2 atom stereocenters. The second-order valence-electron chi connectivity index (χ2n) is 7.94. The number of nitrogens with zero attached hydrogens (tertiary/aromatic N) is 3. The highest BCUT2D eigenvalue weighted by Crippen LogP contribution is 2.32. The van der Waals surface area contributed by atoms with Crippen LogP contribution in [0.2, 0.25) is 0 Å². The maximum Gasteiger partial charge on any atom is 0.293 e. The maximum atomic E-state index is 11.4. The van der Waals surface area contributed by atoms with E-state index in [-0.39, 0.29) is 11.3 Å². The molecule has 2 N–H and O–H groups in total. The lowest BCUT2D eigenvalue weighted by Crippen LogP contribution is -2.26. The molecule has 0 amide bonds. The monoisotopic (exact) mass is 389 g/mol. The van der Waals surface area contributed by atoms with E-state index in [0.29, 0.717) is 17.6 Å². The fraction of sp³-hybridized carbons (Fsp3) is 0.318. The minimum absolute atomic E-state index is 0.111. The van der Waals surface area contributed by atoms with Crippen LogP contribution in [0.15, 0.2) is 42.6 Å². The van der Waals surface area contributed by atoms with E-state index in [1.807, 2.05) is 24.3 Å². The van der Waals surface area contributed by atoms with Gasteiger partial charge in [0.2, 0.25) is 0 Å². The third-order valence-corrected chi connectivity index (χ3v) is 5.72. The van der Waals surface area contributed by atoms with Gasteiger partial charge in [-0.1, -0.05) is 6.92 Å². The topological polar surface area (TPSA) is 98.0 Å². The lowest BCUT2D eigenvalue weighted by Gasteiger charge is -2.18. The Kier molecular flexibility index (Phi) is 4.95. The highest BCUT2D eigenvalue weighted by atomic mass is 16.6. The zero-order valence-corrected chi connectivity index (χ0v) is 16.5. The Labute approximate surface area is 169 Å². The lowest BCUT2D eigenvalue weighted by atomic mass is 10.0. The van der Waals surface area contributed by atoms with Crippen LogP contribution in [0, 0.1) is 27.4 Å². The van der Waals surface area contributed by atoms with Gasteiger partial charge in [-0.15, -0.1) is 0 Å². The number of anilines is 2. The number of nitro benzene ring substituents is 1. The van der Waals surface area contributed by atoms with Crippen molar-refractivity contribution in [1.29, 1.82) is 5.26 Å². The van der Waals surface area contributed by atoms with Gasteiger partial charge in [-0.3, -0.25) is 10.1 Å². The van der Waals surface area contributed by atoms with Gasteiger partial charge in [-0.2, -0.15) is 5.26 Å². The largest absolute Gasteiger partial charge is 0.361 e. The van der Waals surface area contributed by atoms with Gasteiger partial charge < -0.3 is 15.2 Å². The number of H-pyrrole nitrogens is 1. The number of nitriles is 1. The molecule has 0 aliphatic carbocycles. The second kappa shape index (κ2) is 7.57. The van der Waals surface area contributed by atoms with Gasteiger partial charge in [0.05, 0.1) is 16.6 Å². The summed E-state index contributed by atoms with van der Waals surface area (Å²) in [7, 11) is 2.18. The van der Waals surface area contributed by atoms with Crippen molar-refractivity contribution in [3.63, 3.8) is 0 Å². The number of nitrogens with one attached hydrogen (secondary N) is 2. The van der Waals surface area contributed by atoms with E-state index in [1.54, 1.807) is 12.1 Å². The summed E-state index contributed by atoms with van der Waals surface area (Å²) in [5, 5.41) is 24.7. The zero-order valence-electron chi connectivity index (χ0n) is 16.5. The minimum Gasteiger partial charge on any atom is -0.361 e. The molecular weight excluding hydrogens is 366 g/mol. The first-order valence-electron chi connectivity index (χ1n) is 9.70. The molecule has 0 saturated carbocycles. The summed E-state index contributed by atoms with van der Waals surface area (Å²) in [6.07, 6.45) is 4.23. The predicted molar refractivity (Wildman–Crippen MR) is 113 cm³/mol. The van der Waals surface area contributed by atoms with E-state index < -0.39 is 4.92 Å². The number of likely N-dealkylation sites (N-methyl/N-ethyl adjacent to an activating group) is 1. The molecule has 1 fully saturated rings. The van der Waals surface area contributed by atoms with Gasteiger partial charge in [-0.25, -0.2) is 0 Å². The fourth-order valence-electron chi connectivity index (χ4n) is 4.29. The van der Waals surface area contributed by atoms with Crippen LogP contribution < -0.4 is 5.32 Å². The molecule has 0 radical (unpaired) electrons. The Morgan fingerprint density at radius 3 is 2.86 bits per heavy atom. The number of likely N-dealkylation sites (tertiary alicyclic amines) is 1. The van der Waals surface area contributed by atoms with Crippen molar-refractivity contribution >= 4 is 28.0 Å². The van der Waals surface area contributed by atoms with Crippen molar-refractivity contribution < 1.29 is 4.92 Å². The lowest BCUT2D eigenvalue weighted by molar-refractivity contribution is -0.383. The number of hydrogen-bond acceptors (Lipinski definition) is 5. The molecule has 29 heavy (non-hydrogen) atoms. The smallest absolute Gasteiger partial charge is 0.293 e. The van der Waals surface area contributed by atoms with Crippen LogP contribution in [0.3, 0.4) is 0 Å². The van der Waals surface area contributed by atoms with E-state index in [9.17, 15) is 10.1 Å². The summed E-state index contributed by atoms with van der Waals surface area (Å²) in [4.78, 5) is 16.7. The van der Waals surface area contributed by atoms with Gasteiger partial charge in [0.25, 0.3) is 5.69 Å². The Balaban J connectivity index is 1.63. The average Bonchev–Trinajstić information content (AvgIpc) is 3.24. The molecule has 0 unspecified atom stereocenters. The Morgan fingerprint density at radius 1 is 1.34 bits per heavy atom. The number of aromatic nitrogens is 1. The molecule has 2 aromatic carbocycles. The molecular formula is C22H23N5O2. The van der Waals surface area contributed by atoms with Gasteiger partial charge >= 0.3 is 0 Å². The number of aromatic amines is 1. The van der Waals surface area contributed by atoms with Crippen LogP contribution in [0.5, 0.6) is 0 Å². The van der Waals surface area contributed by atoms with Crippen LogP contribution in [-0.2, 0) is 6.42 Å². The number of benzene rings is 2. The molecule has 4 rings (SSSR count). The van der Waals surface area contributed by atoms with Crippen LogP contribution >= 0.6 is 0 Å². The van der Waals surface area contributed by atoms with E-state index in [2.05, 4.69) is 35.4 Å². The van der Waals surface area contributed by atoms with Crippen molar-refractivity contribution in [3.05, 3.63) is 63.8 Å². The summed E-state index contributed by atoms with van der Waals surface area (Å²) in [5.41, 5.74) is 3.60. The van der Waals surface area contributed by atoms with E-state index in [1.165, 1.54) is 18.1 Å². The molecule has 7 heteroatoms. The highest BCUT2D eigenvalue weighted by molar-refractivity contribution is 5.88. The molecule has 0 bridgehead atoms. The zero-order chi connectivity index (χ0) is 20.5. The minimum atomic E-state index is -0.472. The number of hydrogen-bond donors (Lipinski definition) is 2. The molecule has 148 valence electrons. The molecule has 1 aliphatic rings. The maximum absolute atomic E-state index is 11.4. The fourth-order valence-corrected chi connectivity index (χ4v) is 4.29. The highest BCUT2D eigenvalue weighted by Gasteiger charge is 2.27. The van der Waals surface area contributed by atoms with Crippen LogP contribution in [0.4, 0.5) is 17.1 Å². The van der Waals surface area contributed by atoms with E-state index in [4.69, 9.17) is 5.26 Å². The van der Waals surface area contributed by atoms with Crippen molar-refractivity contribution in [2.24, 2.45) is 5.92 Å². The SMILES string of the molecule is C[C@@H]1C[C@H](Cc2c[nH]c3ccc(Nc4ccc(C#N)cc4[N+](=O)[O-])cc23)N(C)C1. The van der Waals surface area contributed by atoms with Gasteiger partial charge in [0, 0.05) is 41.4 Å². The summed E-state index contributed by atoms with van der Waals surface area (Å²) >= 11 is 0. The Hall–Kier alpha value is -3.37. The summed E-state index contributed by atoms with van der Waals surface area (Å²) in [6.45, 7) is 3.42. The average molecular weight is 389 g/mol. The van der Waals surface area contributed by atoms with Crippen molar-refractivity contribution in [1.82, 2.24) is 9.88 Å². The summed E-state index contributed by atoms with van der Waals surface area (Å²) < 4.78 is 0. The standard InChI is InChI=1S/C22H23N5O2/c1-14-7-18(26(2)13-14)9-16-12-24-20-6-4-17(10-19(16)20)25-21-5-3-15(11-23)8-22(21)27(28)29/h3-6,8,10,12,14,18,24-25H,7,9,13H2,1-2H3/t14-,18-/m1/s1. The number of nitro groups is 1. The summed E-state index contributed by atoms with van der Waals surface area (Å²) in [6, 6.07) is 12.8. The van der Waals surface area contributed by atoms with E-state index >= 15 is 0 Å². The predicted octanol–water partition coefficient (Wildman–Crippen LogP) is 4.57. The molecule has 0 spiro atoms. The van der Waals surface area contributed by atoms with Gasteiger partial charge in [0.1, 0.15) is 5.69 Å². The third kappa shape index (κ3) is 3.80. The van der Waals surface area contributed by atoms with Crippen molar-refractivity contribution in [3.8, 4) is 6.07 Å². The van der Waals surface area contributed by atoms with Crippen LogP contribution in [0.1, 0.15) is 24.5 Å². The first-order valence-corrected chi connectivity index (χ1v) is 9.70. The van der Waals surface area contributed by atoms with Crippen molar-refractivity contribution in [2.45, 2.75) is 25.8 Å². The van der Waals surface area contributed by atoms with Gasteiger partial charge in [0.15, 0.2) is 0 Å². The number of rotatable bonds is 5. The molecule has 2 heterocycles. The molecule has 1 aromatic heterocycles. The molecule has 1 aliphatic heterocycles. The Morgan fingerprint density at radius 2 is 2.17 bits per heavy atom. The van der Waals surface area contributed by atoms with Crippen LogP contribution in [0.25, 0.3) is 10.9 Å². The van der Waals surface area contributed by atoms with E-state index in [0.717, 1.165) is 29.6 Å². The second-order valence-corrected chi connectivity index (χ2v) is 7.94. The normalized spacial score (nSPS) is 19.3. The first-order chi connectivity index (χ1) is 13.9. The first kappa shape index (κ1) is 19.0. The van der Waals surface area contributed by atoms with Crippen LogP contribution in [-0.4, -0.2) is 34.4 Å². The van der Waals surface area contributed by atoms with Crippen molar-refractivity contribution in [2.75, 3.05) is 18.9 Å². The molecule has 1 saturated heterocycles. The molecule has 3 aromatic rings. The van der Waals surface area contributed by atoms with Gasteiger partial charge in [-0.05, 0) is 61.7 Å². The molecule has 7 nitrogen and oxygen atoms in total. The number of fused-ring (bicyclic) bond motifs is 1. The quantitative estimate of drug-likeness (QED) is 0.492. The third-order valence-electron chi connectivity index (χ3n) is 5.72. The summed E-state index contributed by atoms with van der Waals surface area (Å²) in [5.74, 6) is 0.712. The Bertz CT molecular complexity index is 1110.